The minimum absolute atomic E-state index is 0.0118. The number of fused-ring (bicyclic) bond motifs is 1. The number of carbonyl (C=O) groups excluding carboxylic acids is 2. The summed E-state index contributed by atoms with van der Waals surface area (Å²) < 4.78 is 1.78. The van der Waals surface area contributed by atoms with Gasteiger partial charge in [0.2, 0.25) is 5.91 Å². The van der Waals surface area contributed by atoms with Crippen LogP contribution in [0.5, 0.6) is 0 Å². The number of hydrogen-bond donors (Lipinski definition) is 2. The van der Waals surface area contributed by atoms with Gasteiger partial charge in [0.05, 0.1) is 5.69 Å². The molecule has 8 heteroatoms. The monoisotopic (exact) mass is 354 g/mol. The molecular formula is C18H22N6O2. The molecule has 1 aromatic carbocycles. The van der Waals surface area contributed by atoms with Crippen LogP contribution in [0.3, 0.4) is 0 Å². The number of benzene rings is 1. The van der Waals surface area contributed by atoms with Crippen LogP contribution in [0.2, 0.25) is 0 Å². The molecule has 0 spiro atoms. The Balaban J connectivity index is 1.40. The summed E-state index contributed by atoms with van der Waals surface area (Å²) in [5, 5.41) is 10.1. The lowest BCUT2D eigenvalue weighted by Gasteiger charge is -2.42. The molecule has 0 saturated carbocycles. The molecule has 1 aromatic heterocycles. The van der Waals surface area contributed by atoms with Crippen molar-refractivity contribution in [3.05, 3.63) is 48.3 Å². The van der Waals surface area contributed by atoms with Gasteiger partial charge in [-0.25, -0.2) is 9.48 Å². The topological polar surface area (TPSA) is 82.5 Å². The van der Waals surface area contributed by atoms with Gasteiger partial charge in [0.1, 0.15) is 6.04 Å². The Hall–Kier alpha value is -2.87. The molecule has 0 bridgehead atoms. The lowest BCUT2D eigenvalue weighted by Crippen LogP contribution is -2.65. The number of carbonyl (C=O) groups is 2. The van der Waals surface area contributed by atoms with Crippen molar-refractivity contribution in [2.24, 2.45) is 0 Å². The van der Waals surface area contributed by atoms with Crippen LogP contribution in [0.15, 0.2) is 42.7 Å². The SMILES string of the molecule is O=C1NCCN2CCN(C(=O)NCc3ccccc3-n3cccn3)C[C@H]12. The lowest BCUT2D eigenvalue weighted by molar-refractivity contribution is -0.131. The molecular weight excluding hydrogens is 332 g/mol. The number of para-hydroxylation sites is 1. The Morgan fingerprint density at radius 1 is 1.23 bits per heavy atom. The number of urea groups is 1. The Labute approximate surface area is 151 Å². The van der Waals surface area contributed by atoms with Gasteiger partial charge < -0.3 is 15.5 Å². The second kappa shape index (κ2) is 7.17. The van der Waals surface area contributed by atoms with Crippen molar-refractivity contribution in [3.63, 3.8) is 0 Å². The Morgan fingerprint density at radius 2 is 2.12 bits per heavy atom. The maximum atomic E-state index is 12.6. The maximum Gasteiger partial charge on any atom is 0.317 e. The number of aromatic nitrogens is 2. The molecule has 0 unspecified atom stereocenters. The van der Waals surface area contributed by atoms with E-state index in [1.54, 1.807) is 15.8 Å². The molecule has 26 heavy (non-hydrogen) atoms. The fourth-order valence-electron chi connectivity index (χ4n) is 3.54. The smallest absolute Gasteiger partial charge is 0.317 e. The number of hydrogen-bond acceptors (Lipinski definition) is 4. The van der Waals surface area contributed by atoms with Crippen LogP contribution in [-0.4, -0.2) is 70.3 Å². The molecule has 3 heterocycles. The van der Waals surface area contributed by atoms with Crippen LogP contribution in [-0.2, 0) is 11.3 Å². The molecule has 3 amide bonds. The van der Waals surface area contributed by atoms with Crippen molar-refractivity contribution in [1.29, 1.82) is 0 Å². The first kappa shape index (κ1) is 16.6. The van der Waals surface area contributed by atoms with Crippen molar-refractivity contribution < 1.29 is 9.59 Å². The van der Waals surface area contributed by atoms with Crippen molar-refractivity contribution in [2.75, 3.05) is 32.7 Å². The average Bonchev–Trinajstić information content (AvgIpc) is 3.21. The maximum absolute atomic E-state index is 12.6. The first-order valence-corrected chi connectivity index (χ1v) is 8.85. The van der Waals surface area contributed by atoms with Gasteiger partial charge in [-0.15, -0.1) is 0 Å². The van der Waals surface area contributed by atoms with E-state index in [0.29, 0.717) is 26.2 Å². The summed E-state index contributed by atoms with van der Waals surface area (Å²) in [6.45, 7) is 3.74. The van der Waals surface area contributed by atoms with Crippen molar-refractivity contribution >= 4 is 11.9 Å². The summed E-state index contributed by atoms with van der Waals surface area (Å²) in [5.74, 6) is 0.0118. The number of piperazine rings is 2. The van der Waals surface area contributed by atoms with Crippen LogP contribution in [0.1, 0.15) is 5.56 Å². The highest BCUT2D eigenvalue weighted by atomic mass is 16.2. The Bertz CT molecular complexity index is 791. The van der Waals surface area contributed by atoms with Crippen LogP contribution >= 0.6 is 0 Å². The minimum Gasteiger partial charge on any atom is -0.353 e. The zero-order valence-corrected chi connectivity index (χ0v) is 14.5. The number of nitrogens with one attached hydrogen (secondary N) is 2. The number of amides is 3. The molecule has 1 atom stereocenters. The molecule has 2 N–H and O–H groups in total. The third-order valence-electron chi connectivity index (χ3n) is 4.95. The summed E-state index contributed by atoms with van der Waals surface area (Å²) in [5.41, 5.74) is 1.92. The van der Waals surface area contributed by atoms with E-state index in [4.69, 9.17) is 0 Å². The molecule has 2 aliphatic heterocycles. The fourth-order valence-corrected chi connectivity index (χ4v) is 3.54. The number of rotatable bonds is 3. The van der Waals surface area contributed by atoms with Gasteiger partial charge in [-0.3, -0.25) is 9.69 Å². The van der Waals surface area contributed by atoms with Gasteiger partial charge in [0.25, 0.3) is 0 Å². The van der Waals surface area contributed by atoms with Crippen LogP contribution < -0.4 is 10.6 Å². The van der Waals surface area contributed by atoms with Crippen molar-refractivity contribution in [3.8, 4) is 5.69 Å². The predicted octanol–water partition coefficient (Wildman–Crippen LogP) is 0.198. The quantitative estimate of drug-likeness (QED) is 0.825. The first-order valence-electron chi connectivity index (χ1n) is 8.85. The first-order chi connectivity index (χ1) is 12.7. The second-order valence-electron chi connectivity index (χ2n) is 6.53. The van der Waals surface area contributed by atoms with Gasteiger partial charge in [0, 0.05) is 51.7 Å². The third-order valence-corrected chi connectivity index (χ3v) is 4.95. The molecule has 2 fully saturated rings. The average molecular weight is 354 g/mol. The summed E-state index contributed by atoms with van der Waals surface area (Å²) in [6, 6.07) is 9.33. The standard InChI is InChI=1S/C18H22N6O2/c25-17-16-13-23(11-10-22(16)9-7-19-17)18(26)20-12-14-4-1-2-5-15(14)24-8-3-6-21-24/h1-6,8,16H,7,9-13H2,(H,19,25)(H,20,26)/t16-/m1/s1. The zero-order valence-electron chi connectivity index (χ0n) is 14.5. The van der Waals surface area contributed by atoms with E-state index in [1.165, 1.54) is 0 Å². The summed E-state index contributed by atoms with van der Waals surface area (Å²) in [6.07, 6.45) is 3.60. The van der Waals surface area contributed by atoms with Gasteiger partial charge in [-0.05, 0) is 17.7 Å². The summed E-state index contributed by atoms with van der Waals surface area (Å²) in [4.78, 5) is 28.5. The highest BCUT2D eigenvalue weighted by molar-refractivity contribution is 5.84. The minimum atomic E-state index is -0.236. The molecule has 2 saturated heterocycles. The van der Waals surface area contributed by atoms with E-state index in [-0.39, 0.29) is 18.0 Å². The third kappa shape index (κ3) is 3.28. The van der Waals surface area contributed by atoms with Crippen LogP contribution in [0.25, 0.3) is 5.69 Å². The molecule has 0 aliphatic carbocycles. The van der Waals surface area contributed by atoms with E-state index >= 15 is 0 Å². The highest BCUT2D eigenvalue weighted by Gasteiger charge is 2.36. The second-order valence-corrected chi connectivity index (χ2v) is 6.53. The molecule has 8 nitrogen and oxygen atoms in total. The summed E-state index contributed by atoms with van der Waals surface area (Å²) in [7, 11) is 0. The normalized spacial score (nSPS) is 20.4. The summed E-state index contributed by atoms with van der Waals surface area (Å²) >= 11 is 0. The predicted molar refractivity (Wildman–Crippen MR) is 95.7 cm³/mol. The van der Waals surface area contributed by atoms with Crippen LogP contribution in [0, 0.1) is 0 Å². The molecule has 4 rings (SSSR count). The van der Waals surface area contributed by atoms with Crippen molar-refractivity contribution in [2.45, 2.75) is 12.6 Å². The Kier molecular flexibility index (Phi) is 4.57. The molecule has 136 valence electrons. The highest BCUT2D eigenvalue weighted by Crippen LogP contribution is 2.15. The molecule has 2 aliphatic rings. The van der Waals surface area contributed by atoms with E-state index in [1.807, 2.05) is 36.5 Å². The van der Waals surface area contributed by atoms with Gasteiger partial charge in [-0.2, -0.15) is 5.10 Å². The molecule has 0 radical (unpaired) electrons. The lowest BCUT2D eigenvalue weighted by atomic mass is 10.1. The van der Waals surface area contributed by atoms with E-state index in [2.05, 4.69) is 20.6 Å². The van der Waals surface area contributed by atoms with Crippen LogP contribution in [0.4, 0.5) is 4.79 Å². The van der Waals surface area contributed by atoms with Gasteiger partial charge >= 0.3 is 6.03 Å². The largest absolute Gasteiger partial charge is 0.353 e. The van der Waals surface area contributed by atoms with E-state index < -0.39 is 0 Å². The van der Waals surface area contributed by atoms with Gasteiger partial charge in [0.15, 0.2) is 0 Å². The molecule has 2 aromatic rings. The van der Waals surface area contributed by atoms with E-state index in [0.717, 1.165) is 24.3 Å². The van der Waals surface area contributed by atoms with Crippen molar-refractivity contribution in [1.82, 2.24) is 30.2 Å². The number of nitrogens with zero attached hydrogens (tertiary/aromatic N) is 4. The van der Waals surface area contributed by atoms with E-state index in [9.17, 15) is 9.59 Å². The Morgan fingerprint density at radius 3 is 2.96 bits per heavy atom. The fraction of sp³-hybridized carbons (Fsp3) is 0.389. The van der Waals surface area contributed by atoms with Gasteiger partial charge in [-0.1, -0.05) is 18.2 Å². The zero-order chi connectivity index (χ0) is 17.9.